The van der Waals surface area contributed by atoms with Gasteiger partial charge in [-0.1, -0.05) is 31.7 Å². The van der Waals surface area contributed by atoms with Gasteiger partial charge in [-0.15, -0.1) is 0 Å². The van der Waals surface area contributed by atoms with Gasteiger partial charge in [0.05, 0.1) is 11.4 Å². The number of aromatic nitrogens is 2. The highest BCUT2D eigenvalue weighted by Crippen LogP contribution is 2.21. The summed E-state index contributed by atoms with van der Waals surface area (Å²) >= 11 is 1.07. The van der Waals surface area contributed by atoms with Crippen molar-refractivity contribution in [3.63, 3.8) is 0 Å². The number of imide groups is 1. The van der Waals surface area contributed by atoms with Crippen LogP contribution in [0.3, 0.4) is 0 Å². The van der Waals surface area contributed by atoms with Gasteiger partial charge in [-0.05, 0) is 24.1 Å². The lowest BCUT2D eigenvalue weighted by atomic mass is 10.1. The van der Waals surface area contributed by atoms with E-state index in [1.807, 2.05) is 5.32 Å². The number of carbonyl (C=O) groups is 3. The molecule has 1 aromatic heterocycles. The van der Waals surface area contributed by atoms with Gasteiger partial charge in [-0.2, -0.15) is 0 Å². The molecule has 3 amide bonds. The maximum Gasteiger partial charge on any atom is 0.318 e. The van der Waals surface area contributed by atoms with Gasteiger partial charge in [0.2, 0.25) is 0 Å². The van der Waals surface area contributed by atoms with Crippen molar-refractivity contribution in [1.82, 2.24) is 14.9 Å². The van der Waals surface area contributed by atoms with Crippen LogP contribution in [0.4, 0.5) is 9.18 Å². The Balaban J connectivity index is 2.00. The highest BCUT2D eigenvalue weighted by atomic mass is 32.2. The molecule has 144 valence electrons. The summed E-state index contributed by atoms with van der Waals surface area (Å²) in [6.07, 6.45) is 2.02. The molecule has 3 N–H and O–H groups in total. The van der Waals surface area contributed by atoms with Crippen LogP contribution in [0.15, 0.2) is 41.8 Å². The number of halogens is 1. The van der Waals surface area contributed by atoms with E-state index >= 15 is 0 Å². The lowest BCUT2D eigenvalue weighted by Gasteiger charge is -2.19. The van der Waals surface area contributed by atoms with E-state index in [9.17, 15) is 18.8 Å². The monoisotopic (exact) mass is 394 g/mol. The highest BCUT2D eigenvalue weighted by Gasteiger charge is 2.27. The van der Waals surface area contributed by atoms with E-state index in [0.717, 1.165) is 11.8 Å². The number of urea groups is 1. The molecule has 0 aliphatic rings. The molecule has 0 unspecified atom stereocenters. The normalized spacial score (nSPS) is 11.9. The van der Waals surface area contributed by atoms with Crippen molar-refractivity contribution in [3.05, 3.63) is 42.5 Å². The van der Waals surface area contributed by atoms with Crippen molar-refractivity contribution in [2.45, 2.75) is 25.1 Å². The van der Waals surface area contributed by atoms with Crippen molar-refractivity contribution in [1.29, 1.82) is 0 Å². The summed E-state index contributed by atoms with van der Waals surface area (Å²) in [6.45, 7) is 3.34. The molecule has 27 heavy (non-hydrogen) atoms. The maximum absolute atomic E-state index is 13.4. The SMILES string of the molecule is CC(C)[C@H](OC(=O)CSc1nccn1-c1cccc(F)c1)C(=O)NC(N)=O. The summed E-state index contributed by atoms with van der Waals surface area (Å²) in [5.41, 5.74) is 5.47. The molecule has 1 heterocycles. The largest absolute Gasteiger partial charge is 0.451 e. The van der Waals surface area contributed by atoms with Crippen LogP contribution in [0.1, 0.15) is 13.8 Å². The van der Waals surface area contributed by atoms with Gasteiger partial charge in [-0.25, -0.2) is 14.2 Å². The second-order valence-corrected chi connectivity index (χ2v) is 6.80. The van der Waals surface area contributed by atoms with E-state index in [1.165, 1.54) is 18.3 Å². The quantitative estimate of drug-likeness (QED) is 0.547. The molecule has 0 aliphatic heterocycles. The van der Waals surface area contributed by atoms with Crippen LogP contribution in [0, 0.1) is 11.7 Å². The average Bonchev–Trinajstić information content (AvgIpc) is 3.05. The van der Waals surface area contributed by atoms with E-state index in [-0.39, 0.29) is 11.7 Å². The molecule has 0 spiro atoms. The summed E-state index contributed by atoms with van der Waals surface area (Å²) < 4.78 is 20.2. The van der Waals surface area contributed by atoms with Crippen molar-refractivity contribution in [3.8, 4) is 5.69 Å². The Labute approximate surface area is 159 Å². The number of nitrogens with two attached hydrogens (primary N) is 1. The summed E-state index contributed by atoms with van der Waals surface area (Å²) in [7, 11) is 0. The van der Waals surface area contributed by atoms with E-state index in [4.69, 9.17) is 10.5 Å². The second kappa shape index (κ2) is 9.17. The van der Waals surface area contributed by atoms with Gasteiger partial charge in [-0.3, -0.25) is 19.5 Å². The lowest BCUT2D eigenvalue weighted by Crippen LogP contribution is -2.45. The minimum Gasteiger partial charge on any atom is -0.451 e. The summed E-state index contributed by atoms with van der Waals surface area (Å²) in [5, 5.41) is 2.36. The molecule has 10 heteroatoms. The van der Waals surface area contributed by atoms with E-state index in [2.05, 4.69) is 4.98 Å². The number of carbonyl (C=O) groups excluding carboxylic acids is 3. The van der Waals surface area contributed by atoms with Crippen molar-refractivity contribution in [2.24, 2.45) is 11.7 Å². The fourth-order valence-electron chi connectivity index (χ4n) is 2.20. The first kappa shape index (κ1) is 20.4. The Morgan fingerprint density at radius 2 is 2.11 bits per heavy atom. The number of hydrogen-bond acceptors (Lipinski definition) is 6. The number of primary amides is 1. The standard InChI is InChI=1S/C17H19FN4O4S/c1-10(2)14(15(24)21-16(19)25)26-13(23)9-27-17-20-6-7-22(17)12-5-3-4-11(18)8-12/h3-8,10,14H,9H2,1-2H3,(H3,19,21,24,25)/t14-/m0/s1. The molecule has 2 aromatic rings. The second-order valence-electron chi connectivity index (χ2n) is 5.86. The molecule has 0 radical (unpaired) electrons. The first-order valence-corrected chi connectivity index (χ1v) is 8.98. The molecule has 2 rings (SSSR count). The Morgan fingerprint density at radius 3 is 2.74 bits per heavy atom. The molecule has 1 atom stereocenters. The third-order valence-electron chi connectivity index (χ3n) is 3.38. The first-order chi connectivity index (χ1) is 12.8. The number of nitrogens with one attached hydrogen (secondary N) is 1. The van der Waals surface area contributed by atoms with Crippen molar-refractivity contribution < 1.29 is 23.5 Å². The number of hydrogen-bond donors (Lipinski definition) is 2. The van der Waals surface area contributed by atoms with E-state index in [0.29, 0.717) is 10.8 Å². The van der Waals surface area contributed by atoms with Crippen LogP contribution >= 0.6 is 11.8 Å². The Kier molecular flexibility index (Phi) is 6.94. The van der Waals surface area contributed by atoms with Gasteiger partial charge >= 0.3 is 12.0 Å². The molecule has 1 aromatic carbocycles. The molecule has 0 saturated heterocycles. The average molecular weight is 394 g/mol. The van der Waals surface area contributed by atoms with Crippen LogP contribution in [0.5, 0.6) is 0 Å². The van der Waals surface area contributed by atoms with Crippen LogP contribution in [0.2, 0.25) is 0 Å². The molecule has 0 bridgehead atoms. The molecular weight excluding hydrogens is 375 g/mol. The molecule has 8 nitrogen and oxygen atoms in total. The van der Waals surface area contributed by atoms with Crippen LogP contribution in [0.25, 0.3) is 5.69 Å². The lowest BCUT2D eigenvalue weighted by molar-refractivity contribution is -0.155. The van der Waals surface area contributed by atoms with Crippen molar-refractivity contribution in [2.75, 3.05) is 5.75 Å². The van der Waals surface area contributed by atoms with Crippen LogP contribution in [-0.4, -0.2) is 39.3 Å². The van der Waals surface area contributed by atoms with Crippen LogP contribution in [-0.2, 0) is 14.3 Å². The minimum atomic E-state index is -1.14. The number of imidazole rings is 1. The summed E-state index contributed by atoms with van der Waals surface area (Å²) in [5.74, 6) is -2.31. The van der Waals surface area contributed by atoms with Gasteiger partial charge in [0.25, 0.3) is 5.91 Å². The third kappa shape index (κ3) is 5.81. The molecular formula is C17H19FN4O4S. The number of amides is 3. The fourth-order valence-corrected chi connectivity index (χ4v) is 2.96. The topological polar surface area (TPSA) is 116 Å². The fraction of sp³-hybridized carbons (Fsp3) is 0.294. The Morgan fingerprint density at radius 1 is 1.37 bits per heavy atom. The van der Waals surface area contributed by atoms with E-state index in [1.54, 1.807) is 36.7 Å². The van der Waals surface area contributed by atoms with Crippen molar-refractivity contribution >= 4 is 29.7 Å². The number of ether oxygens (including phenoxy) is 1. The predicted octanol–water partition coefficient (Wildman–Crippen LogP) is 1.87. The zero-order valence-electron chi connectivity index (χ0n) is 14.7. The smallest absolute Gasteiger partial charge is 0.318 e. The Hall–Kier alpha value is -2.88. The summed E-state index contributed by atoms with van der Waals surface area (Å²) in [4.78, 5) is 38.9. The maximum atomic E-state index is 13.4. The van der Waals surface area contributed by atoms with Gasteiger partial charge in [0.1, 0.15) is 5.82 Å². The predicted molar refractivity (Wildman–Crippen MR) is 96.7 cm³/mol. The van der Waals surface area contributed by atoms with Gasteiger partial charge in [0.15, 0.2) is 11.3 Å². The first-order valence-electron chi connectivity index (χ1n) is 7.99. The third-order valence-corrected chi connectivity index (χ3v) is 4.32. The highest BCUT2D eigenvalue weighted by molar-refractivity contribution is 7.99. The number of esters is 1. The Bertz CT molecular complexity index is 840. The number of benzene rings is 1. The molecule has 0 saturated carbocycles. The molecule has 0 fully saturated rings. The van der Waals surface area contributed by atoms with E-state index < -0.39 is 29.8 Å². The van der Waals surface area contributed by atoms with Crippen LogP contribution < -0.4 is 11.1 Å². The van der Waals surface area contributed by atoms with Gasteiger partial charge < -0.3 is 10.5 Å². The summed E-state index contributed by atoms with van der Waals surface area (Å²) in [6, 6.07) is 4.92. The van der Waals surface area contributed by atoms with Gasteiger partial charge in [0, 0.05) is 12.4 Å². The number of nitrogens with zero attached hydrogens (tertiary/aromatic N) is 2. The zero-order valence-corrected chi connectivity index (χ0v) is 15.5. The minimum absolute atomic E-state index is 0.126. The number of thioether (sulfide) groups is 1. The number of rotatable bonds is 7. The molecule has 0 aliphatic carbocycles. The zero-order chi connectivity index (χ0) is 20.0.